The first kappa shape index (κ1) is 14.0. The lowest BCUT2D eigenvalue weighted by Gasteiger charge is -2.24. The maximum absolute atomic E-state index is 14.4. The standard InChI is InChI=1S/C10H13BFN3O4/c11-19-5(4-16)8(17)10(12)3-6(10)15-2-1-7(13)14-9(15)18/h1-2,5-6,8,16-17H,3-4H2,(H2,13,14,18)/t5?,6-,8?,10?/m1/s1. The van der Waals surface area contributed by atoms with E-state index in [4.69, 9.17) is 18.9 Å². The van der Waals surface area contributed by atoms with Crippen LogP contribution in [0.15, 0.2) is 17.1 Å². The molecule has 0 bridgehead atoms. The van der Waals surface area contributed by atoms with Crippen molar-refractivity contribution in [1.29, 1.82) is 0 Å². The summed E-state index contributed by atoms with van der Waals surface area (Å²) in [5.74, 6) is 0.0328. The molecule has 1 fully saturated rings. The topological polar surface area (TPSA) is 111 Å². The number of nitrogens with two attached hydrogens (primary N) is 1. The predicted molar refractivity (Wildman–Crippen MR) is 64.1 cm³/mol. The van der Waals surface area contributed by atoms with Crippen LogP contribution in [0.25, 0.3) is 0 Å². The molecule has 0 amide bonds. The van der Waals surface area contributed by atoms with Crippen molar-refractivity contribution in [3.8, 4) is 0 Å². The fraction of sp³-hybridized carbons (Fsp3) is 0.600. The lowest BCUT2D eigenvalue weighted by Crippen LogP contribution is -2.42. The van der Waals surface area contributed by atoms with E-state index in [9.17, 15) is 14.3 Å². The molecule has 1 aliphatic carbocycles. The highest BCUT2D eigenvalue weighted by atomic mass is 19.1. The molecular weight excluding hydrogens is 256 g/mol. The van der Waals surface area contributed by atoms with Gasteiger partial charge in [-0.1, -0.05) is 0 Å². The van der Waals surface area contributed by atoms with E-state index >= 15 is 0 Å². The highest BCUT2D eigenvalue weighted by Gasteiger charge is 2.63. The normalized spacial score (nSPS) is 28.9. The summed E-state index contributed by atoms with van der Waals surface area (Å²) < 4.78 is 19.8. The number of aliphatic hydroxyl groups excluding tert-OH is 2. The lowest BCUT2D eigenvalue weighted by atomic mass is 10.1. The molecule has 1 aromatic rings. The van der Waals surface area contributed by atoms with Crippen molar-refractivity contribution in [1.82, 2.24) is 9.55 Å². The van der Waals surface area contributed by atoms with E-state index in [1.807, 2.05) is 0 Å². The molecule has 1 aromatic heterocycles. The summed E-state index contributed by atoms with van der Waals surface area (Å²) in [7, 11) is 4.86. The van der Waals surface area contributed by atoms with Crippen molar-refractivity contribution in [3.05, 3.63) is 22.7 Å². The van der Waals surface area contributed by atoms with Gasteiger partial charge in [0.05, 0.1) is 18.8 Å². The van der Waals surface area contributed by atoms with Crippen molar-refractivity contribution in [2.75, 3.05) is 12.3 Å². The second-order valence-electron chi connectivity index (χ2n) is 4.49. The average molecular weight is 269 g/mol. The Labute approximate surface area is 109 Å². The van der Waals surface area contributed by atoms with Gasteiger partial charge in [-0.3, -0.25) is 4.57 Å². The van der Waals surface area contributed by atoms with Crippen molar-refractivity contribution >= 4 is 13.9 Å². The number of nitrogens with zero attached hydrogens (tertiary/aromatic N) is 2. The number of nitrogen functional groups attached to an aromatic ring is 1. The molecule has 0 aromatic carbocycles. The second kappa shape index (κ2) is 4.91. The zero-order chi connectivity index (χ0) is 14.2. The summed E-state index contributed by atoms with van der Waals surface area (Å²) in [6.07, 6.45) is -1.69. The van der Waals surface area contributed by atoms with Crippen LogP contribution in [0.4, 0.5) is 10.2 Å². The van der Waals surface area contributed by atoms with Crippen LogP contribution < -0.4 is 11.4 Å². The molecule has 0 aliphatic heterocycles. The van der Waals surface area contributed by atoms with E-state index in [-0.39, 0.29) is 12.2 Å². The number of rotatable bonds is 5. The zero-order valence-electron chi connectivity index (χ0n) is 9.94. The van der Waals surface area contributed by atoms with Gasteiger partial charge in [-0.05, 0) is 6.07 Å². The minimum absolute atomic E-state index is 0.0328. The summed E-state index contributed by atoms with van der Waals surface area (Å²) in [5.41, 5.74) is 2.54. The maximum atomic E-state index is 14.4. The van der Waals surface area contributed by atoms with Gasteiger partial charge in [0, 0.05) is 12.6 Å². The van der Waals surface area contributed by atoms with Crippen LogP contribution in [0, 0.1) is 0 Å². The van der Waals surface area contributed by atoms with E-state index < -0.39 is 36.2 Å². The summed E-state index contributed by atoms with van der Waals surface area (Å²) >= 11 is 0. The molecule has 4 atom stereocenters. The summed E-state index contributed by atoms with van der Waals surface area (Å²) in [4.78, 5) is 15.0. The number of aromatic nitrogens is 2. The van der Waals surface area contributed by atoms with Crippen LogP contribution in [0.1, 0.15) is 12.5 Å². The Balaban J connectivity index is 2.20. The van der Waals surface area contributed by atoms with Crippen molar-refractivity contribution in [3.63, 3.8) is 0 Å². The van der Waals surface area contributed by atoms with E-state index in [2.05, 4.69) is 9.64 Å². The lowest BCUT2D eigenvalue weighted by molar-refractivity contribution is -0.0503. The quantitative estimate of drug-likeness (QED) is 0.549. The molecule has 2 radical (unpaired) electrons. The maximum Gasteiger partial charge on any atom is 0.349 e. The molecular formula is C10H13BFN3O4. The Morgan fingerprint density at radius 1 is 1.79 bits per heavy atom. The number of aliphatic hydroxyl groups is 2. The van der Waals surface area contributed by atoms with Gasteiger partial charge in [0.1, 0.15) is 11.9 Å². The number of anilines is 1. The number of hydrogen-bond acceptors (Lipinski definition) is 6. The van der Waals surface area contributed by atoms with Gasteiger partial charge in [0.25, 0.3) is 8.05 Å². The summed E-state index contributed by atoms with van der Waals surface area (Å²) in [6, 6.07) is 0.474. The largest absolute Gasteiger partial charge is 0.440 e. The van der Waals surface area contributed by atoms with E-state index in [1.165, 1.54) is 12.3 Å². The molecule has 2 rings (SSSR count). The van der Waals surface area contributed by atoms with Gasteiger partial charge in [0.15, 0.2) is 5.67 Å². The van der Waals surface area contributed by atoms with E-state index in [0.29, 0.717) is 0 Å². The molecule has 0 saturated heterocycles. The first-order valence-electron chi connectivity index (χ1n) is 5.62. The van der Waals surface area contributed by atoms with Crippen LogP contribution >= 0.6 is 0 Å². The monoisotopic (exact) mass is 269 g/mol. The molecule has 1 aliphatic rings. The smallest absolute Gasteiger partial charge is 0.349 e. The second-order valence-corrected chi connectivity index (χ2v) is 4.49. The van der Waals surface area contributed by atoms with Gasteiger partial charge >= 0.3 is 5.69 Å². The number of hydrogen-bond donors (Lipinski definition) is 3. The molecule has 1 heterocycles. The Bertz CT molecular complexity index is 524. The van der Waals surface area contributed by atoms with Crippen LogP contribution in [-0.2, 0) is 4.65 Å². The van der Waals surface area contributed by atoms with Gasteiger partial charge in [-0.25, -0.2) is 9.18 Å². The number of halogens is 1. The van der Waals surface area contributed by atoms with Crippen LogP contribution in [-0.4, -0.2) is 52.3 Å². The molecule has 9 heteroatoms. The van der Waals surface area contributed by atoms with Crippen LogP contribution in [0.3, 0.4) is 0 Å². The SMILES string of the molecule is [B]OC(CO)C(O)C1(F)C[C@H]1n1ccc(N)nc1=O. The average Bonchev–Trinajstić information content (AvgIpc) is 3.04. The van der Waals surface area contributed by atoms with Crippen molar-refractivity contribution in [2.45, 2.75) is 30.3 Å². The van der Waals surface area contributed by atoms with Crippen molar-refractivity contribution < 1.29 is 19.3 Å². The van der Waals surface area contributed by atoms with Crippen LogP contribution in [0.2, 0.25) is 0 Å². The van der Waals surface area contributed by atoms with Crippen LogP contribution in [0.5, 0.6) is 0 Å². The fourth-order valence-corrected chi connectivity index (χ4v) is 2.07. The van der Waals surface area contributed by atoms with E-state index in [0.717, 1.165) is 4.57 Å². The highest BCUT2D eigenvalue weighted by molar-refractivity contribution is 5.98. The fourth-order valence-electron chi connectivity index (χ4n) is 2.07. The third-order valence-corrected chi connectivity index (χ3v) is 3.29. The Kier molecular flexibility index (Phi) is 3.61. The third-order valence-electron chi connectivity index (χ3n) is 3.29. The summed E-state index contributed by atoms with van der Waals surface area (Å²) in [6.45, 7) is -0.634. The predicted octanol–water partition coefficient (Wildman–Crippen LogP) is -1.70. The van der Waals surface area contributed by atoms with Gasteiger partial charge < -0.3 is 20.6 Å². The van der Waals surface area contributed by atoms with Crippen molar-refractivity contribution in [2.24, 2.45) is 0 Å². The van der Waals surface area contributed by atoms with Gasteiger partial charge in [-0.15, -0.1) is 0 Å². The Hall–Kier alpha value is -1.45. The zero-order valence-corrected chi connectivity index (χ0v) is 9.94. The third kappa shape index (κ3) is 2.36. The first-order valence-corrected chi connectivity index (χ1v) is 5.62. The Morgan fingerprint density at radius 3 is 3.00 bits per heavy atom. The first-order chi connectivity index (χ1) is 8.93. The minimum atomic E-state index is -2.09. The molecule has 102 valence electrons. The molecule has 7 nitrogen and oxygen atoms in total. The van der Waals surface area contributed by atoms with Gasteiger partial charge in [0.2, 0.25) is 0 Å². The molecule has 4 N–H and O–H groups in total. The highest BCUT2D eigenvalue weighted by Crippen LogP contribution is 2.53. The Morgan fingerprint density at radius 2 is 2.47 bits per heavy atom. The number of alkyl halides is 1. The molecule has 19 heavy (non-hydrogen) atoms. The summed E-state index contributed by atoms with van der Waals surface area (Å²) in [5, 5.41) is 18.7. The molecule has 1 saturated carbocycles. The van der Waals surface area contributed by atoms with Gasteiger partial charge in [-0.2, -0.15) is 4.98 Å². The molecule has 3 unspecified atom stereocenters. The minimum Gasteiger partial charge on any atom is -0.440 e. The molecule has 0 spiro atoms. The van der Waals surface area contributed by atoms with E-state index in [1.54, 1.807) is 0 Å².